The molecule has 0 saturated carbocycles. The lowest BCUT2D eigenvalue weighted by molar-refractivity contribution is -0.169. The van der Waals surface area contributed by atoms with Crippen molar-refractivity contribution in [3.05, 3.63) is 42.1 Å². The van der Waals surface area contributed by atoms with Crippen LogP contribution in [-0.2, 0) is 9.47 Å². The van der Waals surface area contributed by atoms with Crippen LogP contribution in [0.15, 0.2) is 36.4 Å². The molecule has 2 saturated heterocycles. The van der Waals surface area contributed by atoms with Gasteiger partial charge in [0.1, 0.15) is 0 Å². The summed E-state index contributed by atoms with van der Waals surface area (Å²) in [6, 6.07) is 11.2. The number of aromatic nitrogens is 2. The molecule has 1 amide bonds. The van der Waals surface area contributed by atoms with Gasteiger partial charge >= 0.3 is 0 Å². The zero-order valence-electron chi connectivity index (χ0n) is 16.2. The number of nitrogens with zero attached hydrogens (tertiary/aromatic N) is 4. The van der Waals surface area contributed by atoms with Crippen LogP contribution in [0.5, 0.6) is 0 Å². The third-order valence-corrected chi connectivity index (χ3v) is 5.19. The van der Waals surface area contributed by atoms with E-state index in [0.29, 0.717) is 13.2 Å². The molecule has 8 nitrogen and oxygen atoms in total. The fourth-order valence-corrected chi connectivity index (χ4v) is 3.52. The summed E-state index contributed by atoms with van der Waals surface area (Å²) in [4.78, 5) is 16.6. The van der Waals surface area contributed by atoms with Gasteiger partial charge in [-0.25, -0.2) is 0 Å². The Labute approximate surface area is 164 Å². The molecule has 8 heteroatoms. The van der Waals surface area contributed by atoms with Crippen LogP contribution in [0.3, 0.4) is 0 Å². The predicted molar refractivity (Wildman–Crippen MR) is 107 cm³/mol. The van der Waals surface area contributed by atoms with Crippen molar-refractivity contribution in [2.24, 2.45) is 0 Å². The fourth-order valence-electron chi connectivity index (χ4n) is 3.52. The summed E-state index contributed by atoms with van der Waals surface area (Å²) in [5, 5.41) is 11.2. The monoisotopic (exact) mass is 383 g/mol. The highest BCUT2D eigenvalue weighted by Crippen LogP contribution is 2.32. The molecule has 4 rings (SSSR count). The molecular formula is C20H25N5O3. The van der Waals surface area contributed by atoms with Crippen molar-refractivity contribution in [3.8, 4) is 0 Å². The number of hydrogen-bond donors (Lipinski definition) is 1. The minimum absolute atomic E-state index is 0.276. The van der Waals surface area contributed by atoms with Crippen LogP contribution in [0, 0.1) is 0 Å². The number of amides is 1. The largest absolute Gasteiger partial charge is 0.378 e. The molecule has 0 radical (unpaired) electrons. The highest BCUT2D eigenvalue weighted by molar-refractivity contribution is 6.02. The number of rotatable bonds is 4. The van der Waals surface area contributed by atoms with Crippen LogP contribution >= 0.6 is 0 Å². The smallest absolute Gasteiger partial charge is 0.276 e. The Morgan fingerprint density at radius 2 is 1.71 bits per heavy atom. The first kappa shape index (κ1) is 18.6. The molecule has 0 unspecified atom stereocenters. The lowest BCUT2D eigenvalue weighted by Crippen LogP contribution is -2.45. The van der Waals surface area contributed by atoms with Gasteiger partial charge in [0.2, 0.25) is 0 Å². The summed E-state index contributed by atoms with van der Waals surface area (Å²) < 4.78 is 11.5. The molecule has 2 fully saturated rings. The zero-order valence-corrected chi connectivity index (χ0v) is 16.2. The van der Waals surface area contributed by atoms with Gasteiger partial charge in [0.05, 0.1) is 13.2 Å². The van der Waals surface area contributed by atoms with Crippen LogP contribution in [0.25, 0.3) is 0 Å². The summed E-state index contributed by atoms with van der Waals surface area (Å²) in [6.07, 6.45) is 1.61. The normalized spacial score (nSPS) is 18.3. The van der Waals surface area contributed by atoms with Crippen molar-refractivity contribution in [2.45, 2.75) is 18.6 Å². The zero-order chi connectivity index (χ0) is 19.6. The number of carbonyl (C=O) groups excluding carboxylic acids is 1. The molecule has 3 heterocycles. The molecule has 0 aliphatic carbocycles. The quantitative estimate of drug-likeness (QED) is 0.866. The van der Waals surface area contributed by atoms with Crippen molar-refractivity contribution in [1.29, 1.82) is 0 Å². The van der Waals surface area contributed by atoms with E-state index in [9.17, 15) is 4.79 Å². The van der Waals surface area contributed by atoms with Crippen LogP contribution < -0.4 is 15.1 Å². The first-order valence-electron chi connectivity index (χ1n) is 9.50. The lowest BCUT2D eigenvalue weighted by atomic mass is 10.0. The molecule has 28 heavy (non-hydrogen) atoms. The third kappa shape index (κ3) is 3.93. The summed E-state index contributed by atoms with van der Waals surface area (Å²) in [5.74, 6) is 0.0769. The SMILES string of the molecule is CN(C)c1ccc(NC(=O)c2ccc(N3CCC4(CC3)OCCO4)nn2)cc1. The minimum Gasteiger partial charge on any atom is -0.378 e. The van der Waals surface area contributed by atoms with Gasteiger partial charge in [0, 0.05) is 51.4 Å². The Balaban J connectivity index is 1.35. The van der Waals surface area contributed by atoms with E-state index in [1.54, 1.807) is 6.07 Å². The molecule has 148 valence electrons. The summed E-state index contributed by atoms with van der Waals surface area (Å²) in [6.45, 7) is 2.92. The van der Waals surface area contributed by atoms with E-state index in [4.69, 9.17) is 9.47 Å². The Morgan fingerprint density at radius 1 is 1.04 bits per heavy atom. The van der Waals surface area contributed by atoms with Crippen LogP contribution in [0.2, 0.25) is 0 Å². The van der Waals surface area contributed by atoms with Gasteiger partial charge in [-0.2, -0.15) is 0 Å². The van der Waals surface area contributed by atoms with E-state index in [1.165, 1.54) is 0 Å². The first-order valence-corrected chi connectivity index (χ1v) is 9.50. The summed E-state index contributed by atoms with van der Waals surface area (Å²) >= 11 is 0. The molecule has 2 aromatic rings. The number of nitrogens with one attached hydrogen (secondary N) is 1. The number of piperidine rings is 1. The van der Waals surface area contributed by atoms with Gasteiger partial charge in [-0.1, -0.05) is 0 Å². The van der Waals surface area contributed by atoms with Crippen LogP contribution in [0.1, 0.15) is 23.3 Å². The van der Waals surface area contributed by atoms with Gasteiger partial charge in [-0.15, -0.1) is 10.2 Å². The Bertz CT molecular complexity index is 807. The lowest BCUT2D eigenvalue weighted by Gasteiger charge is -2.37. The third-order valence-electron chi connectivity index (χ3n) is 5.19. The maximum Gasteiger partial charge on any atom is 0.276 e. The van der Waals surface area contributed by atoms with Gasteiger partial charge < -0.3 is 24.6 Å². The molecule has 1 aromatic heterocycles. The topological polar surface area (TPSA) is 79.8 Å². The van der Waals surface area contributed by atoms with Gasteiger partial charge in [0.15, 0.2) is 17.3 Å². The molecule has 2 aliphatic heterocycles. The van der Waals surface area contributed by atoms with Gasteiger partial charge in [-0.05, 0) is 36.4 Å². The number of carbonyl (C=O) groups is 1. The standard InChI is InChI=1S/C20H25N5O3/c1-24(2)16-5-3-15(4-6-16)21-19(26)17-7-8-18(23-22-17)25-11-9-20(10-12-25)27-13-14-28-20/h3-8H,9-14H2,1-2H3,(H,21,26). The van der Waals surface area contributed by atoms with E-state index in [1.807, 2.05) is 49.3 Å². The average Bonchev–Trinajstić information content (AvgIpc) is 3.17. The Hall–Kier alpha value is -2.71. The average molecular weight is 383 g/mol. The molecule has 0 atom stereocenters. The molecule has 1 N–H and O–H groups in total. The van der Waals surface area contributed by atoms with Crippen LogP contribution in [-0.4, -0.2) is 62.3 Å². The van der Waals surface area contributed by atoms with Crippen molar-refractivity contribution in [1.82, 2.24) is 10.2 Å². The van der Waals surface area contributed by atoms with E-state index >= 15 is 0 Å². The fraction of sp³-hybridized carbons (Fsp3) is 0.450. The molecule has 1 aromatic carbocycles. The van der Waals surface area contributed by atoms with E-state index < -0.39 is 5.79 Å². The van der Waals surface area contributed by atoms with Gasteiger partial charge in [0.25, 0.3) is 5.91 Å². The number of hydrogen-bond acceptors (Lipinski definition) is 7. The number of ether oxygens (including phenoxy) is 2. The van der Waals surface area contributed by atoms with Crippen molar-refractivity contribution in [2.75, 3.05) is 55.5 Å². The second-order valence-electron chi connectivity index (χ2n) is 7.27. The maximum absolute atomic E-state index is 12.4. The Kier molecular flexibility index (Phi) is 5.15. The molecule has 0 bridgehead atoms. The van der Waals surface area contributed by atoms with E-state index in [-0.39, 0.29) is 11.6 Å². The summed E-state index contributed by atoms with van der Waals surface area (Å²) in [7, 11) is 3.95. The van der Waals surface area contributed by atoms with E-state index in [2.05, 4.69) is 20.4 Å². The maximum atomic E-state index is 12.4. The highest BCUT2D eigenvalue weighted by Gasteiger charge is 2.40. The van der Waals surface area contributed by atoms with Crippen molar-refractivity contribution < 1.29 is 14.3 Å². The predicted octanol–water partition coefficient (Wildman–Crippen LogP) is 2.14. The number of benzene rings is 1. The second kappa shape index (κ2) is 7.73. The van der Waals surface area contributed by atoms with Crippen LogP contribution in [0.4, 0.5) is 17.2 Å². The van der Waals surface area contributed by atoms with Crippen molar-refractivity contribution >= 4 is 23.1 Å². The second-order valence-corrected chi connectivity index (χ2v) is 7.27. The molecular weight excluding hydrogens is 358 g/mol. The number of anilines is 3. The highest BCUT2D eigenvalue weighted by atomic mass is 16.7. The van der Waals surface area contributed by atoms with Gasteiger partial charge in [-0.3, -0.25) is 4.79 Å². The first-order chi connectivity index (χ1) is 13.5. The minimum atomic E-state index is -0.411. The van der Waals surface area contributed by atoms with E-state index in [0.717, 1.165) is 43.1 Å². The molecule has 2 aliphatic rings. The summed E-state index contributed by atoms with van der Waals surface area (Å²) in [5.41, 5.74) is 2.08. The Morgan fingerprint density at radius 3 is 2.29 bits per heavy atom. The van der Waals surface area contributed by atoms with Crippen molar-refractivity contribution in [3.63, 3.8) is 0 Å². The molecule has 1 spiro atoms.